The lowest BCUT2D eigenvalue weighted by Gasteiger charge is -2.03. The van der Waals surface area contributed by atoms with Gasteiger partial charge < -0.3 is 14.9 Å². The normalized spacial score (nSPS) is 10.1. The highest BCUT2D eigenvalue weighted by Crippen LogP contribution is 2.03. The summed E-state index contributed by atoms with van der Waals surface area (Å²) >= 11 is 0. The van der Waals surface area contributed by atoms with Gasteiger partial charge >= 0.3 is 11.9 Å². The van der Waals surface area contributed by atoms with E-state index in [1.165, 1.54) is 0 Å². The van der Waals surface area contributed by atoms with Gasteiger partial charge in [0.15, 0.2) is 0 Å². The van der Waals surface area contributed by atoms with Crippen molar-refractivity contribution in [1.29, 1.82) is 0 Å². The Morgan fingerprint density at radius 2 is 1.56 bits per heavy atom. The van der Waals surface area contributed by atoms with Crippen molar-refractivity contribution in [1.82, 2.24) is 0 Å². The molecule has 0 amide bonds. The molecule has 0 fully saturated rings. The van der Waals surface area contributed by atoms with Gasteiger partial charge in [-0.05, 0) is 12.8 Å². The zero-order chi connectivity index (χ0) is 12.2. The molecule has 16 heavy (non-hydrogen) atoms. The molecule has 0 aliphatic heterocycles. The van der Waals surface area contributed by atoms with Crippen molar-refractivity contribution in [2.45, 2.75) is 44.9 Å². The van der Waals surface area contributed by atoms with Crippen LogP contribution in [0.25, 0.3) is 0 Å². The van der Waals surface area contributed by atoms with Crippen molar-refractivity contribution in [2.24, 2.45) is 0 Å². The van der Waals surface area contributed by atoms with Crippen LogP contribution in [0.4, 0.5) is 0 Å². The number of carbonyl (C=O) groups is 2. The van der Waals surface area contributed by atoms with E-state index in [1.807, 2.05) is 0 Å². The molecule has 0 saturated heterocycles. The number of aliphatic carboxylic acids is 1. The summed E-state index contributed by atoms with van der Waals surface area (Å²) in [4.78, 5) is 21.1. The van der Waals surface area contributed by atoms with E-state index in [2.05, 4.69) is 0 Å². The molecule has 0 saturated carbocycles. The number of hydrogen-bond acceptors (Lipinski definition) is 4. The zero-order valence-electron chi connectivity index (χ0n) is 9.48. The number of aliphatic hydroxyl groups excluding tert-OH is 1. The van der Waals surface area contributed by atoms with Crippen molar-refractivity contribution < 1.29 is 24.5 Å². The average molecular weight is 232 g/mol. The van der Waals surface area contributed by atoms with E-state index in [-0.39, 0.29) is 19.4 Å². The fourth-order valence-electron chi connectivity index (χ4n) is 1.21. The van der Waals surface area contributed by atoms with Crippen LogP contribution in [0, 0.1) is 0 Å². The van der Waals surface area contributed by atoms with Crippen molar-refractivity contribution in [2.75, 3.05) is 13.2 Å². The molecule has 0 aliphatic rings. The van der Waals surface area contributed by atoms with Crippen molar-refractivity contribution in [3.8, 4) is 0 Å². The Hall–Kier alpha value is -1.10. The third-order valence-corrected chi connectivity index (χ3v) is 2.11. The number of rotatable bonds is 10. The van der Waals surface area contributed by atoms with Crippen LogP contribution >= 0.6 is 0 Å². The molecule has 0 rings (SSSR count). The molecule has 0 atom stereocenters. The number of unbranched alkanes of at least 4 members (excludes halogenated alkanes) is 4. The van der Waals surface area contributed by atoms with Crippen molar-refractivity contribution >= 4 is 11.9 Å². The lowest BCUT2D eigenvalue weighted by molar-refractivity contribution is -0.147. The second-order valence-corrected chi connectivity index (χ2v) is 3.61. The predicted octanol–water partition coefficient (Wildman–Crippen LogP) is 1.34. The molecule has 94 valence electrons. The van der Waals surface area contributed by atoms with Gasteiger partial charge in [-0.15, -0.1) is 0 Å². The van der Waals surface area contributed by atoms with E-state index >= 15 is 0 Å². The Balaban J connectivity index is 3.18. The molecule has 0 radical (unpaired) electrons. The van der Waals surface area contributed by atoms with Gasteiger partial charge in [0.1, 0.15) is 0 Å². The maximum absolute atomic E-state index is 11.0. The minimum atomic E-state index is -0.985. The summed E-state index contributed by atoms with van der Waals surface area (Å²) in [5, 5.41) is 16.9. The number of aliphatic hydroxyl groups is 1. The summed E-state index contributed by atoms with van der Waals surface area (Å²) in [6, 6.07) is 0. The highest BCUT2D eigenvalue weighted by atomic mass is 16.5. The number of hydrogen-bond donors (Lipinski definition) is 2. The molecule has 0 aliphatic carbocycles. The summed E-state index contributed by atoms with van der Waals surface area (Å²) in [5.74, 6) is -1.43. The Labute approximate surface area is 95.4 Å². The molecule has 0 aromatic rings. The minimum Gasteiger partial charge on any atom is -0.481 e. The Morgan fingerprint density at radius 3 is 2.19 bits per heavy atom. The summed E-state index contributed by atoms with van der Waals surface area (Å²) < 4.78 is 4.85. The maximum Gasteiger partial charge on any atom is 0.306 e. The molecular weight excluding hydrogens is 212 g/mol. The number of carboxylic acid groups (broad SMARTS) is 1. The van der Waals surface area contributed by atoms with Crippen LogP contribution in [0.15, 0.2) is 0 Å². The highest BCUT2D eigenvalue weighted by molar-refractivity contribution is 5.76. The predicted molar refractivity (Wildman–Crippen MR) is 58.0 cm³/mol. The Bertz CT molecular complexity index is 203. The third kappa shape index (κ3) is 11.0. The van der Waals surface area contributed by atoms with Crippen molar-refractivity contribution in [3.05, 3.63) is 0 Å². The first-order chi connectivity index (χ1) is 7.66. The fraction of sp³-hybridized carbons (Fsp3) is 0.818. The van der Waals surface area contributed by atoms with Crippen molar-refractivity contribution in [3.63, 3.8) is 0 Å². The molecule has 0 unspecified atom stereocenters. The lowest BCUT2D eigenvalue weighted by Crippen LogP contribution is -2.08. The van der Waals surface area contributed by atoms with E-state index in [0.29, 0.717) is 6.61 Å². The number of ether oxygens (including phenoxy) is 1. The van der Waals surface area contributed by atoms with E-state index in [4.69, 9.17) is 14.9 Å². The first-order valence-electron chi connectivity index (χ1n) is 5.65. The van der Waals surface area contributed by atoms with Crippen LogP contribution in [-0.2, 0) is 14.3 Å². The van der Waals surface area contributed by atoms with Crippen LogP contribution in [-0.4, -0.2) is 35.4 Å². The second kappa shape index (κ2) is 10.4. The topological polar surface area (TPSA) is 83.8 Å². The van der Waals surface area contributed by atoms with E-state index in [9.17, 15) is 9.59 Å². The number of carboxylic acids is 1. The van der Waals surface area contributed by atoms with E-state index < -0.39 is 11.9 Å². The van der Waals surface area contributed by atoms with Crippen LogP contribution in [0.2, 0.25) is 0 Å². The van der Waals surface area contributed by atoms with Gasteiger partial charge in [-0.25, -0.2) is 0 Å². The Morgan fingerprint density at radius 1 is 0.938 bits per heavy atom. The minimum absolute atomic E-state index is 0.0557. The first kappa shape index (κ1) is 14.9. The molecule has 0 aromatic carbocycles. The SMILES string of the molecule is O=C(O)CCC(=O)OCCCCCCCO. The molecule has 0 heterocycles. The number of carbonyl (C=O) groups excluding carboxylic acids is 1. The van der Waals surface area contributed by atoms with Gasteiger partial charge in [0.25, 0.3) is 0 Å². The summed E-state index contributed by atoms with van der Waals surface area (Å²) in [6.45, 7) is 0.585. The summed E-state index contributed by atoms with van der Waals surface area (Å²) in [5.41, 5.74) is 0. The van der Waals surface area contributed by atoms with Crippen LogP contribution in [0.1, 0.15) is 44.9 Å². The van der Waals surface area contributed by atoms with Gasteiger partial charge in [-0.1, -0.05) is 19.3 Å². The molecule has 5 heteroatoms. The largest absolute Gasteiger partial charge is 0.481 e. The molecule has 0 aromatic heterocycles. The third-order valence-electron chi connectivity index (χ3n) is 2.11. The van der Waals surface area contributed by atoms with E-state index in [0.717, 1.165) is 32.1 Å². The van der Waals surface area contributed by atoms with Gasteiger partial charge in [0, 0.05) is 6.61 Å². The van der Waals surface area contributed by atoms with Crippen LogP contribution in [0.3, 0.4) is 0 Å². The monoisotopic (exact) mass is 232 g/mol. The van der Waals surface area contributed by atoms with Gasteiger partial charge in [-0.2, -0.15) is 0 Å². The summed E-state index contributed by atoms with van der Waals surface area (Å²) in [6.07, 6.45) is 4.36. The molecule has 0 bridgehead atoms. The molecular formula is C11H20O5. The lowest BCUT2D eigenvalue weighted by atomic mass is 10.1. The smallest absolute Gasteiger partial charge is 0.306 e. The molecule has 5 nitrogen and oxygen atoms in total. The van der Waals surface area contributed by atoms with Gasteiger partial charge in [0.05, 0.1) is 19.4 Å². The highest BCUT2D eigenvalue weighted by Gasteiger charge is 2.05. The molecule has 0 spiro atoms. The fourth-order valence-corrected chi connectivity index (χ4v) is 1.21. The van der Waals surface area contributed by atoms with Crippen LogP contribution in [0.5, 0.6) is 0 Å². The Kier molecular flexibility index (Phi) is 9.70. The number of esters is 1. The quantitative estimate of drug-likeness (QED) is 0.438. The van der Waals surface area contributed by atoms with Gasteiger partial charge in [0.2, 0.25) is 0 Å². The molecule has 2 N–H and O–H groups in total. The maximum atomic E-state index is 11.0. The van der Waals surface area contributed by atoms with Crippen LogP contribution < -0.4 is 0 Å². The average Bonchev–Trinajstić information content (AvgIpc) is 2.25. The zero-order valence-corrected chi connectivity index (χ0v) is 9.48. The van der Waals surface area contributed by atoms with E-state index in [1.54, 1.807) is 0 Å². The first-order valence-corrected chi connectivity index (χ1v) is 5.65. The standard InChI is InChI=1S/C11H20O5/c12-8-4-2-1-3-5-9-16-11(15)7-6-10(13)14/h12H,1-9H2,(H,13,14). The second-order valence-electron chi connectivity index (χ2n) is 3.61. The van der Waals surface area contributed by atoms with Gasteiger partial charge in [-0.3, -0.25) is 9.59 Å². The summed E-state index contributed by atoms with van der Waals surface area (Å²) in [7, 11) is 0.